The quantitative estimate of drug-likeness (QED) is 0.743. The van der Waals surface area contributed by atoms with Gasteiger partial charge in [-0.25, -0.2) is 4.79 Å². The summed E-state index contributed by atoms with van der Waals surface area (Å²) in [6.45, 7) is 1.78. The number of hydrogen-bond donors (Lipinski definition) is 2. The number of carboxylic acid groups (broad SMARTS) is 1. The Bertz CT molecular complexity index is 930. The van der Waals surface area contributed by atoms with Crippen molar-refractivity contribution in [3.63, 3.8) is 0 Å². The molecular weight excluding hydrogens is 322 g/mol. The molecule has 6 heteroatoms. The molecule has 0 aliphatic rings. The van der Waals surface area contributed by atoms with Crippen LogP contribution in [0.25, 0.3) is 11.0 Å². The van der Waals surface area contributed by atoms with Gasteiger partial charge in [0.25, 0.3) is 0 Å². The minimum absolute atomic E-state index is 0.0242. The van der Waals surface area contributed by atoms with Crippen molar-refractivity contribution in [2.45, 2.75) is 20.0 Å². The number of phenols is 1. The molecule has 128 valence electrons. The molecule has 0 unspecified atom stereocenters. The number of carboxylic acids is 1. The molecule has 2 aromatic carbocycles. The van der Waals surface area contributed by atoms with Crippen LogP contribution in [0.15, 0.2) is 52.9 Å². The summed E-state index contributed by atoms with van der Waals surface area (Å²) in [7, 11) is 0. The van der Waals surface area contributed by atoms with Gasteiger partial charge < -0.3 is 19.5 Å². The Morgan fingerprint density at radius 3 is 2.40 bits per heavy atom. The molecule has 1 heterocycles. The molecule has 0 aliphatic carbocycles. The summed E-state index contributed by atoms with van der Waals surface area (Å²) < 4.78 is 5.37. The molecule has 0 saturated heterocycles. The summed E-state index contributed by atoms with van der Waals surface area (Å²) in [4.78, 5) is 25.1. The first-order valence-electron chi connectivity index (χ1n) is 7.73. The van der Waals surface area contributed by atoms with E-state index in [0.29, 0.717) is 11.9 Å². The molecule has 6 nitrogen and oxygen atoms in total. The maximum atomic E-state index is 12.1. The molecule has 25 heavy (non-hydrogen) atoms. The Kier molecular flexibility index (Phi) is 4.43. The van der Waals surface area contributed by atoms with Gasteiger partial charge in [0.2, 0.25) is 11.7 Å². The molecule has 0 fully saturated rings. The zero-order valence-corrected chi connectivity index (χ0v) is 13.6. The number of hydrogen-bond acceptors (Lipinski definition) is 4. The highest BCUT2D eigenvalue weighted by Gasteiger charge is 2.24. The minimum atomic E-state index is -1.24. The lowest BCUT2D eigenvalue weighted by Crippen LogP contribution is -2.28. The molecule has 0 atom stereocenters. The van der Waals surface area contributed by atoms with E-state index in [0.717, 1.165) is 5.56 Å². The van der Waals surface area contributed by atoms with Crippen LogP contribution in [0.4, 0.5) is 0 Å². The number of phenolic OH excluding ortho intramolecular Hbond substituents is 1. The third kappa shape index (κ3) is 3.33. The van der Waals surface area contributed by atoms with Crippen LogP contribution in [0.2, 0.25) is 0 Å². The Labute approximate surface area is 143 Å². The van der Waals surface area contributed by atoms with Gasteiger partial charge in [0.15, 0.2) is 0 Å². The summed E-state index contributed by atoms with van der Waals surface area (Å²) >= 11 is 0. The van der Waals surface area contributed by atoms with Crippen molar-refractivity contribution >= 4 is 22.8 Å². The Morgan fingerprint density at radius 1 is 1.04 bits per heavy atom. The summed E-state index contributed by atoms with van der Waals surface area (Å²) in [6, 6.07) is 14.0. The fourth-order valence-electron chi connectivity index (χ4n) is 2.79. The molecule has 1 amide bonds. The fourth-order valence-corrected chi connectivity index (χ4v) is 2.79. The summed E-state index contributed by atoms with van der Waals surface area (Å²) in [5, 5.41) is 19.9. The second-order valence-corrected chi connectivity index (χ2v) is 5.73. The van der Waals surface area contributed by atoms with Crippen molar-refractivity contribution in [2.24, 2.45) is 0 Å². The van der Waals surface area contributed by atoms with E-state index in [-0.39, 0.29) is 35.1 Å². The van der Waals surface area contributed by atoms with Crippen LogP contribution < -0.4 is 0 Å². The highest BCUT2D eigenvalue weighted by atomic mass is 16.4. The van der Waals surface area contributed by atoms with Gasteiger partial charge in [0.05, 0.1) is 11.9 Å². The highest BCUT2D eigenvalue weighted by molar-refractivity contribution is 5.97. The van der Waals surface area contributed by atoms with Gasteiger partial charge in [0.1, 0.15) is 11.3 Å². The van der Waals surface area contributed by atoms with Crippen molar-refractivity contribution in [3.05, 3.63) is 65.4 Å². The zero-order valence-electron chi connectivity index (χ0n) is 13.6. The Morgan fingerprint density at radius 2 is 1.76 bits per heavy atom. The van der Waals surface area contributed by atoms with Gasteiger partial charge in [-0.1, -0.05) is 36.4 Å². The standard InChI is InChI=1S/C19H17NO5/c1-12(21)20(10-13-6-3-2-4-7-13)11-14-17-15(22)8-5-9-16(17)25-18(14)19(23)24/h2-9,22H,10-11H2,1H3,(H,23,24). The maximum Gasteiger partial charge on any atom is 0.372 e. The van der Waals surface area contributed by atoms with Crippen LogP contribution in [0.3, 0.4) is 0 Å². The summed E-state index contributed by atoms with van der Waals surface area (Å²) in [6.07, 6.45) is 0. The van der Waals surface area contributed by atoms with Crippen LogP contribution in [-0.2, 0) is 17.9 Å². The predicted octanol–water partition coefficient (Wildman–Crippen LogP) is 3.39. The van der Waals surface area contributed by atoms with Crippen molar-refractivity contribution in [1.29, 1.82) is 0 Å². The topological polar surface area (TPSA) is 91.0 Å². The fraction of sp³-hybridized carbons (Fsp3) is 0.158. The van der Waals surface area contributed by atoms with Crippen LogP contribution >= 0.6 is 0 Å². The minimum Gasteiger partial charge on any atom is -0.507 e. The van der Waals surface area contributed by atoms with Crippen molar-refractivity contribution in [3.8, 4) is 5.75 Å². The second kappa shape index (κ2) is 6.68. The van der Waals surface area contributed by atoms with E-state index in [2.05, 4.69) is 0 Å². The van der Waals surface area contributed by atoms with Crippen LogP contribution in [0.5, 0.6) is 5.75 Å². The molecule has 0 bridgehead atoms. The van der Waals surface area contributed by atoms with Gasteiger partial charge in [-0.2, -0.15) is 0 Å². The molecule has 1 aromatic heterocycles. The number of carbonyl (C=O) groups is 2. The van der Waals surface area contributed by atoms with Crippen molar-refractivity contribution < 1.29 is 24.2 Å². The molecule has 3 rings (SSSR count). The lowest BCUT2D eigenvalue weighted by atomic mass is 10.1. The normalized spacial score (nSPS) is 10.8. The number of aromatic hydroxyl groups is 1. The Balaban J connectivity index is 2.03. The first-order chi connectivity index (χ1) is 12.0. The lowest BCUT2D eigenvalue weighted by molar-refractivity contribution is -0.130. The average molecular weight is 339 g/mol. The predicted molar refractivity (Wildman–Crippen MR) is 91.2 cm³/mol. The average Bonchev–Trinajstić information content (AvgIpc) is 2.95. The van der Waals surface area contributed by atoms with E-state index in [1.54, 1.807) is 12.1 Å². The monoisotopic (exact) mass is 339 g/mol. The molecule has 0 saturated carbocycles. The second-order valence-electron chi connectivity index (χ2n) is 5.73. The van der Waals surface area contributed by atoms with Crippen molar-refractivity contribution in [1.82, 2.24) is 4.90 Å². The number of fused-ring (bicyclic) bond motifs is 1. The number of furan rings is 1. The Hall–Kier alpha value is -3.28. The highest BCUT2D eigenvalue weighted by Crippen LogP contribution is 2.34. The molecule has 3 aromatic rings. The molecule has 0 radical (unpaired) electrons. The molecular formula is C19H17NO5. The van der Waals surface area contributed by atoms with Gasteiger partial charge in [-0.05, 0) is 17.7 Å². The lowest BCUT2D eigenvalue weighted by Gasteiger charge is -2.21. The van der Waals surface area contributed by atoms with Crippen LogP contribution in [-0.4, -0.2) is 27.0 Å². The molecule has 2 N–H and O–H groups in total. The number of nitrogens with zero attached hydrogens (tertiary/aromatic N) is 1. The summed E-state index contributed by atoms with van der Waals surface area (Å²) in [5.41, 5.74) is 1.48. The van der Waals surface area contributed by atoms with Crippen molar-refractivity contribution in [2.75, 3.05) is 0 Å². The maximum absolute atomic E-state index is 12.1. The number of rotatable bonds is 5. The van der Waals surface area contributed by atoms with E-state index < -0.39 is 5.97 Å². The van der Waals surface area contributed by atoms with Gasteiger partial charge in [0, 0.05) is 19.0 Å². The first-order valence-corrected chi connectivity index (χ1v) is 7.73. The van der Waals surface area contributed by atoms with E-state index >= 15 is 0 Å². The number of benzene rings is 2. The number of carbonyl (C=O) groups excluding carboxylic acids is 1. The van der Waals surface area contributed by atoms with E-state index in [1.165, 1.54) is 17.9 Å². The van der Waals surface area contributed by atoms with E-state index in [4.69, 9.17) is 4.42 Å². The van der Waals surface area contributed by atoms with Gasteiger partial charge in [-0.3, -0.25) is 4.79 Å². The van der Waals surface area contributed by atoms with E-state index in [1.807, 2.05) is 30.3 Å². The van der Waals surface area contributed by atoms with Crippen LogP contribution in [0.1, 0.15) is 28.6 Å². The zero-order chi connectivity index (χ0) is 18.0. The largest absolute Gasteiger partial charge is 0.507 e. The van der Waals surface area contributed by atoms with Gasteiger partial charge >= 0.3 is 5.97 Å². The van der Waals surface area contributed by atoms with E-state index in [9.17, 15) is 19.8 Å². The number of amides is 1. The van der Waals surface area contributed by atoms with Gasteiger partial charge in [-0.15, -0.1) is 0 Å². The smallest absolute Gasteiger partial charge is 0.372 e. The SMILES string of the molecule is CC(=O)N(Cc1ccccc1)Cc1c(C(=O)O)oc2cccc(O)c12. The van der Waals surface area contributed by atoms with Crippen LogP contribution in [0, 0.1) is 0 Å². The molecule has 0 aliphatic heterocycles. The first kappa shape index (κ1) is 16.6. The third-order valence-corrected chi connectivity index (χ3v) is 4.00. The number of aromatic carboxylic acids is 1. The molecule has 0 spiro atoms. The summed E-state index contributed by atoms with van der Waals surface area (Å²) in [5.74, 6) is -1.79. The third-order valence-electron chi connectivity index (χ3n) is 4.00.